The number of carbonyl (C=O) groups is 2. The van der Waals surface area contributed by atoms with Crippen molar-refractivity contribution >= 4 is 23.2 Å². The van der Waals surface area contributed by atoms with E-state index in [4.69, 9.17) is 5.73 Å². The Balaban J connectivity index is 1.89. The van der Waals surface area contributed by atoms with Crippen LogP contribution in [-0.4, -0.2) is 54.3 Å². The lowest BCUT2D eigenvalue weighted by atomic mass is 10.0. The van der Waals surface area contributed by atoms with Gasteiger partial charge in [-0.05, 0) is 17.9 Å². The van der Waals surface area contributed by atoms with Crippen LogP contribution in [0.15, 0.2) is 16.8 Å². The van der Waals surface area contributed by atoms with Gasteiger partial charge in [-0.1, -0.05) is 6.92 Å². The maximum Gasteiger partial charge on any atom is 0.254 e. The molecule has 5 nitrogen and oxygen atoms in total. The third kappa shape index (κ3) is 3.19. The van der Waals surface area contributed by atoms with Gasteiger partial charge < -0.3 is 15.5 Å². The van der Waals surface area contributed by atoms with Crippen molar-refractivity contribution in [1.82, 2.24) is 9.80 Å². The molecule has 1 aliphatic heterocycles. The molecular weight excluding hydrogens is 274 g/mol. The maximum atomic E-state index is 12.2. The molecule has 6 heteroatoms. The van der Waals surface area contributed by atoms with Crippen LogP contribution in [0.3, 0.4) is 0 Å². The van der Waals surface area contributed by atoms with Gasteiger partial charge in [0.1, 0.15) is 0 Å². The third-order valence-electron chi connectivity index (χ3n) is 3.77. The van der Waals surface area contributed by atoms with Gasteiger partial charge in [-0.3, -0.25) is 9.59 Å². The smallest absolute Gasteiger partial charge is 0.254 e. The second-order valence-corrected chi connectivity index (χ2v) is 5.75. The van der Waals surface area contributed by atoms with Crippen LogP contribution < -0.4 is 5.73 Å². The van der Waals surface area contributed by atoms with E-state index < -0.39 is 0 Å². The van der Waals surface area contributed by atoms with Crippen LogP contribution in [0.2, 0.25) is 0 Å². The van der Waals surface area contributed by atoms with Crippen molar-refractivity contribution in [3.63, 3.8) is 0 Å². The zero-order valence-electron chi connectivity index (χ0n) is 11.7. The molecule has 1 aromatic heterocycles. The molecule has 0 radical (unpaired) electrons. The first kappa shape index (κ1) is 15.0. The van der Waals surface area contributed by atoms with Gasteiger partial charge in [-0.25, -0.2) is 0 Å². The summed E-state index contributed by atoms with van der Waals surface area (Å²) < 4.78 is 0. The minimum absolute atomic E-state index is 0.0595. The largest absolute Gasteiger partial charge is 0.339 e. The molecular formula is C14H21N3O2S. The van der Waals surface area contributed by atoms with Gasteiger partial charge in [0.05, 0.1) is 11.5 Å². The Hall–Kier alpha value is -1.40. The average molecular weight is 295 g/mol. The highest BCUT2D eigenvalue weighted by Gasteiger charge is 2.27. The predicted octanol–water partition coefficient (Wildman–Crippen LogP) is 1.02. The second kappa shape index (κ2) is 6.85. The molecule has 0 spiro atoms. The van der Waals surface area contributed by atoms with E-state index in [1.54, 1.807) is 0 Å². The van der Waals surface area contributed by atoms with Gasteiger partial charge in [0.15, 0.2) is 0 Å². The Labute approximate surface area is 123 Å². The van der Waals surface area contributed by atoms with Gasteiger partial charge in [0, 0.05) is 38.1 Å². The SMILES string of the molecule is CCC(CN)C(=O)N1CCN(C(=O)c2ccsc2)CC1. The maximum absolute atomic E-state index is 12.2. The summed E-state index contributed by atoms with van der Waals surface area (Å²) in [4.78, 5) is 28.0. The van der Waals surface area contributed by atoms with Crippen LogP contribution in [0.5, 0.6) is 0 Å². The minimum Gasteiger partial charge on any atom is -0.339 e. The first-order valence-electron chi connectivity index (χ1n) is 6.97. The van der Waals surface area contributed by atoms with Crippen molar-refractivity contribution in [3.05, 3.63) is 22.4 Å². The molecule has 2 amide bonds. The number of hydrogen-bond donors (Lipinski definition) is 1. The highest BCUT2D eigenvalue weighted by molar-refractivity contribution is 7.08. The van der Waals surface area contributed by atoms with E-state index in [1.807, 2.05) is 33.6 Å². The quantitative estimate of drug-likeness (QED) is 0.902. The van der Waals surface area contributed by atoms with E-state index in [0.29, 0.717) is 32.7 Å². The molecule has 20 heavy (non-hydrogen) atoms. The molecule has 0 aromatic carbocycles. The van der Waals surface area contributed by atoms with Crippen LogP contribution in [-0.2, 0) is 4.79 Å². The minimum atomic E-state index is -0.0888. The summed E-state index contributed by atoms with van der Waals surface area (Å²) in [5.41, 5.74) is 6.36. The standard InChI is InChI=1S/C14H21N3O2S/c1-2-11(9-15)13(18)16-4-6-17(7-5-16)14(19)12-3-8-20-10-12/h3,8,10-11H,2,4-7,9,15H2,1H3. The van der Waals surface area contributed by atoms with Crippen LogP contribution in [0.1, 0.15) is 23.7 Å². The molecule has 2 rings (SSSR count). The highest BCUT2D eigenvalue weighted by Crippen LogP contribution is 2.14. The lowest BCUT2D eigenvalue weighted by Crippen LogP contribution is -2.52. The molecule has 110 valence electrons. The van der Waals surface area contributed by atoms with E-state index in [2.05, 4.69) is 0 Å². The summed E-state index contributed by atoms with van der Waals surface area (Å²) >= 11 is 1.52. The van der Waals surface area contributed by atoms with Crippen molar-refractivity contribution in [3.8, 4) is 0 Å². The average Bonchev–Trinajstić information content (AvgIpc) is 3.02. The van der Waals surface area contributed by atoms with Crippen molar-refractivity contribution in [2.75, 3.05) is 32.7 Å². The molecule has 1 aliphatic rings. The Morgan fingerprint density at radius 2 is 1.95 bits per heavy atom. The molecule has 2 N–H and O–H groups in total. The van der Waals surface area contributed by atoms with Crippen molar-refractivity contribution in [1.29, 1.82) is 0 Å². The van der Waals surface area contributed by atoms with E-state index in [-0.39, 0.29) is 17.7 Å². The molecule has 1 saturated heterocycles. The third-order valence-corrected chi connectivity index (χ3v) is 4.46. The molecule has 0 bridgehead atoms. The number of rotatable bonds is 4. The lowest BCUT2D eigenvalue weighted by Gasteiger charge is -2.36. The van der Waals surface area contributed by atoms with Crippen LogP contribution >= 0.6 is 11.3 Å². The molecule has 0 saturated carbocycles. The number of thiophene rings is 1. The first-order valence-corrected chi connectivity index (χ1v) is 7.92. The van der Waals surface area contributed by atoms with E-state index in [0.717, 1.165) is 12.0 Å². The normalized spacial score (nSPS) is 17.1. The fraction of sp³-hybridized carbons (Fsp3) is 0.571. The summed E-state index contributed by atoms with van der Waals surface area (Å²) in [6, 6.07) is 1.84. The Kier molecular flexibility index (Phi) is 5.14. The van der Waals surface area contributed by atoms with Gasteiger partial charge in [0.25, 0.3) is 5.91 Å². The van der Waals surface area contributed by atoms with Gasteiger partial charge in [-0.15, -0.1) is 0 Å². The van der Waals surface area contributed by atoms with Crippen molar-refractivity contribution in [2.24, 2.45) is 11.7 Å². The van der Waals surface area contributed by atoms with E-state index in [1.165, 1.54) is 11.3 Å². The number of nitrogens with two attached hydrogens (primary N) is 1. The molecule has 1 aromatic rings. The van der Waals surface area contributed by atoms with E-state index >= 15 is 0 Å². The summed E-state index contributed by atoms with van der Waals surface area (Å²) in [5.74, 6) is 0.0935. The monoisotopic (exact) mass is 295 g/mol. The molecule has 2 heterocycles. The van der Waals surface area contributed by atoms with Crippen molar-refractivity contribution < 1.29 is 9.59 Å². The molecule has 1 atom stereocenters. The zero-order chi connectivity index (χ0) is 14.5. The summed E-state index contributed by atoms with van der Waals surface area (Å²) in [5, 5.41) is 3.77. The number of amides is 2. The Morgan fingerprint density at radius 1 is 1.30 bits per heavy atom. The summed E-state index contributed by atoms with van der Waals surface area (Å²) in [6.45, 7) is 4.77. The summed E-state index contributed by atoms with van der Waals surface area (Å²) in [6.07, 6.45) is 0.767. The molecule has 0 aliphatic carbocycles. The number of carbonyl (C=O) groups excluding carboxylic acids is 2. The van der Waals surface area contributed by atoms with E-state index in [9.17, 15) is 9.59 Å². The highest BCUT2D eigenvalue weighted by atomic mass is 32.1. The molecule has 1 unspecified atom stereocenters. The van der Waals surface area contributed by atoms with Crippen LogP contribution in [0.4, 0.5) is 0 Å². The summed E-state index contributed by atoms with van der Waals surface area (Å²) in [7, 11) is 0. The van der Waals surface area contributed by atoms with Gasteiger partial charge in [-0.2, -0.15) is 11.3 Å². The molecule has 1 fully saturated rings. The first-order chi connectivity index (χ1) is 9.67. The fourth-order valence-electron chi connectivity index (χ4n) is 2.40. The number of hydrogen-bond acceptors (Lipinski definition) is 4. The topological polar surface area (TPSA) is 66.6 Å². The fourth-order valence-corrected chi connectivity index (χ4v) is 3.03. The Morgan fingerprint density at radius 3 is 2.45 bits per heavy atom. The lowest BCUT2D eigenvalue weighted by molar-refractivity contribution is -0.136. The predicted molar refractivity (Wildman–Crippen MR) is 79.6 cm³/mol. The van der Waals surface area contributed by atoms with Gasteiger partial charge >= 0.3 is 0 Å². The van der Waals surface area contributed by atoms with Crippen molar-refractivity contribution in [2.45, 2.75) is 13.3 Å². The number of piperazine rings is 1. The number of nitrogens with zero attached hydrogens (tertiary/aromatic N) is 2. The second-order valence-electron chi connectivity index (χ2n) is 4.97. The van der Waals surface area contributed by atoms with Crippen LogP contribution in [0, 0.1) is 5.92 Å². The Bertz CT molecular complexity index is 449. The zero-order valence-corrected chi connectivity index (χ0v) is 12.6. The van der Waals surface area contributed by atoms with Crippen LogP contribution in [0.25, 0.3) is 0 Å². The van der Waals surface area contributed by atoms with Gasteiger partial charge in [0.2, 0.25) is 5.91 Å².